The minimum Gasteiger partial charge on any atom is -0.321 e. The van der Waals surface area contributed by atoms with Gasteiger partial charge in [0.1, 0.15) is 0 Å². The molecule has 2 N–H and O–H groups in total. The molecular formula is C21H18BrN3O3. The lowest BCUT2D eigenvalue weighted by atomic mass is 10.1. The van der Waals surface area contributed by atoms with Crippen LogP contribution in [0.3, 0.4) is 0 Å². The number of pyridine rings is 1. The topological polar surface area (TPSA) is 80.2 Å². The predicted octanol–water partition coefficient (Wildman–Crippen LogP) is 4.14. The molecule has 0 aliphatic heterocycles. The minimum atomic E-state index is -0.385. The normalized spacial score (nSPS) is 10.4. The number of carbonyl (C=O) groups excluding carboxylic acids is 2. The van der Waals surface area contributed by atoms with Crippen LogP contribution in [0.5, 0.6) is 0 Å². The van der Waals surface area contributed by atoms with Crippen LogP contribution < -0.4 is 16.2 Å². The van der Waals surface area contributed by atoms with E-state index in [2.05, 4.69) is 26.6 Å². The van der Waals surface area contributed by atoms with E-state index in [4.69, 9.17) is 0 Å². The van der Waals surface area contributed by atoms with Crippen molar-refractivity contribution in [3.8, 4) is 0 Å². The van der Waals surface area contributed by atoms with Gasteiger partial charge in [0.2, 0.25) is 0 Å². The molecule has 7 heteroatoms. The van der Waals surface area contributed by atoms with Crippen LogP contribution in [0.2, 0.25) is 0 Å². The summed E-state index contributed by atoms with van der Waals surface area (Å²) in [5.74, 6) is -0.711. The molecular weight excluding hydrogens is 422 g/mol. The number of rotatable bonds is 5. The number of para-hydroxylation sites is 1. The number of nitrogens with one attached hydrogen (secondary N) is 2. The Morgan fingerprint density at radius 2 is 1.54 bits per heavy atom. The highest BCUT2D eigenvalue weighted by atomic mass is 79.9. The monoisotopic (exact) mass is 439 g/mol. The van der Waals surface area contributed by atoms with Crippen molar-refractivity contribution >= 4 is 39.1 Å². The second-order valence-corrected chi connectivity index (χ2v) is 6.83. The maximum absolute atomic E-state index is 12.7. The van der Waals surface area contributed by atoms with Crippen molar-refractivity contribution in [3.63, 3.8) is 0 Å². The van der Waals surface area contributed by atoms with Crippen LogP contribution in [0.1, 0.15) is 27.6 Å². The number of hydrogen-bond acceptors (Lipinski definition) is 3. The first kappa shape index (κ1) is 19.6. The molecule has 28 heavy (non-hydrogen) atoms. The maximum atomic E-state index is 12.7. The Kier molecular flexibility index (Phi) is 6.06. The van der Waals surface area contributed by atoms with E-state index in [-0.39, 0.29) is 17.4 Å². The number of aromatic nitrogens is 1. The average Bonchev–Trinajstić information content (AvgIpc) is 2.70. The van der Waals surface area contributed by atoms with E-state index < -0.39 is 0 Å². The van der Waals surface area contributed by atoms with E-state index >= 15 is 0 Å². The van der Waals surface area contributed by atoms with Crippen molar-refractivity contribution < 1.29 is 9.59 Å². The van der Waals surface area contributed by atoms with Gasteiger partial charge < -0.3 is 15.2 Å². The van der Waals surface area contributed by atoms with E-state index in [0.29, 0.717) is 33.5 Å². The molecule has 0 unspecified atom stereocenters. The van der Waals surface area contributed by atoms with Crippen LogP contribution in [0.4, 0.5) is 11.4 Å². The minimum absolute atomic E-state index is 0.137. The van der Waals surface area contributed by atoms with Crippen molar-refractivity contribution in [2.75, 3.05) is 10.6 Å². The Bertz CT molecular complexity index is 1090. The van der Waals surface area contributed by atoms with Crippen LogP contribution in [0.15, 0.2) is 76.1 Å². The molecule has 0 saturated carbocycles. The molecule has 3 aromatic rings. The molecule has 0 spiro atoms. The molecule has 1 aromatic heterocycles. The van der Waals surface area contributed by atoms with Gasteiger partial charge in [0.25, 0.3) is 17.4 Å². The van der Waals surface area contributed by atoms with Crippen LogP contribution in [0, 0.1) is 0 Å². The molecule has 0 fully saturated rings. The summed E-state index contributed by atoms with van der Waals surface area (Å²) in [5.41, 5.74) is 1.54. The van der Waals surface area contributed by atoms with Gasteiger partial charge in [-0.15, -0.1) is 0 Å². The van der Waals surface area contributed by atoms with Gasteiger partial charge >= 0.3 is 0 Å². The Morgan fingerprint density at radius 3 is 2.25 bits per heavy atom. The number of nitrogens with zero attached hydrogens (tertiary/aromatic N) is 1. The van der Waals surface area contributed by atoms with Gasteiger partial charge in [0, 0.05) is 23.3 Å². The molecule has 1 heterocycles. The molecule has 2 aromatic carbocycles. The first-order valence-electron chi connectivity index (χ1n) is 8.66. The molecule has 0 atom stereocenters. The second-order valence-electron chi connectivity index (χ2n) is 5.98. The quantitative estimate of drug-likeness (QED) is 0.626. The van der Waals surface area contributed by atoms with Crippen LogP contribution in [-0.2, 0) is 6.54 Å². The third-order valence-corrected chi connectivity index (χ3v) is 4.81. The zero-order valence-electron chi connectivity index (χ0n) is 15.1. The Hall–Kier alpha value is -3.19. The molecule has 0 saturated heterocycles. The number of aryl methyl sites for hydroxylation is 1. The zero-order chi connectivity index (χ0) is 20.1. The summed E-state index contributed by atoms with van der Waals surface area (Å²) in [7, 11) is 0. The smallest absolute Gasteiger partial charge is 0.257 e. The van der Waals surface area contributed by atoms with Gasteiger partial charge in [0.05, 0.1) is 22.5 Å². The summed E-state index contributed by atoms with van der Waals surface area (Å²) in [4.78, 5) is 37.0. The number of hydrogen-bond donors (Lipinski definition) is 2. The highest BCUT2D eigenvalue weighted by Gasteiger charge is 2.16. The van der Waals surface area contributed by atoms with Crippen molar-refractivity contribution in [3.05, 3.63) is 92.8 Å². The molecule has 2 amide bonds. The number of benzene rings is 2. The molecule has 0 radical (unpaired) electrons. The Balaban J connectivity index is 1.83. The molecule has 0 aliphatic carbocycles. The van der Waals surface area contributed by atoms with E-state index in [1.807, 2.05) is 13.0 Å². The molecule has 6 nitrogen and oxygen atoms in total. The summed E-state index contributed by atoms with van der Waals surface area (Å²) in [6, 6.07) is 16.7. The highest BCUT2D eigenvalue weighted by molar-refractivity contribution is 9.10. The summed E-state index contributed by atoms with van der Waals surface area (Å²) < 4.78 is 2.16. The van der Waals surface area contributed by atoms with Crippen LogP contribution in [-0.4, -0.2) is 16.4 Å². The highest BCUT2D eigenvalue weighted by Crippen LogP contribution is 2.21. The summed E-state index contributed by atoms with van der Waals surface area (Å²) in [6.07, 6.45) is 1.59. The fourth-order valence-corrected chi connectivity index (χ4v) is 3.14. The predicted molar refractivity (Wildman–Crippen MR) is 113 cm³/mol. The third-order valence-electron chi connectivity index (χ3n) is 4.12. The van der Waals surface area contributed by atoms with Crippen molar-refractivity contribution in [1.82, 2.24) is 4.57 Å². The Morgan fingerprint density at radius 1 is 0.893 bits per heavy atom. The van der Waals surface area contributed by atoms with Gasteiger partial charge in [-0.3, -0.25) is 14.4 Å². The van der Waals surface area contributed by atoms with Gasteiger partial charge in [-0.1, -0.05) is 24.3 Å². The molecule has 142 valence electrons. The maximum Gasteiger partial charge on any atom is 0.257 e. The van der Waals surface area contributed by atoms with Gasteiger partial charge in [-0.25, -0.2) is 0 Å². The lowest BCUT2D eigenvalue weighted by Gasteiger charge is -2.13. The number of anilines is 2. The first-order chi connectivity index (χ1) is 13.5. The lowest BCUT2D eigenvalue weighted by Crippen LogP contribution is -2.21. The largest absolute Gasteiger partial charge is 0.321 e. The van der Waals surface area contributed by atoms with E-state index in [9.17, 15) is 14.4 Å². The number of amides is 2. The number of carbonyl (C=O) groups is 2. The van der Waals surface area contributed by atoms with E-state index in [1.165, 1.54) is 10.6 Å². The fraction of sp³-hybridized carbons (Fsp3) is 0.0952. The third kappa shape index (κ3) is 4.37. The molecule has 0 aliphatic rings. The van der Waals surface area contributed by atoms with Gasteiger partial charge in [-0.05, 0) is 53.2 Å². The fourth-order valence-electron chi connectivity index (χ4n) is 2.68. The summed E-state index contributed by atoms with van der Waals surface area (Å²) >= 11 is 3.35. The zero-order valence-corrected chi connectivity index (χ0v) is 16.7. The lowest BCUT2D eigenvalue weighted by molar-refractivity contribution is 0.102. The first-order valence-corrected chi connectivity index (χ1v) is 9.45. The van der Waals surface area contributed by atoms with Crippen molar-refractivity contribution in [1.29, 1.82) is 0 Å². The molecule has 3 rings (SSSR count). The SMILES string of the molecule is CCn1cc(NC(=O)c2ccccc2NC(=O)c2ccccc2Br)ccc1=O. The van der Waals surface area contributed by atoms with E-state index in [0.717, 1.165) is 0 Å². The molecule has 0 bridgehead atoms. The van der Waals surface area contributed by atoms with Crippen molar-refractivity contribution in [2.24, 2.45) is 0 Å². The van der Waals surface area contributed by atoms with Gasteiger partial charge in [0.15, 0.2) is 0 Å². The average molecular weight is 440 g/mol. The van der Waals surface area contributed by atoms with Crippen LogP contribution >= 0.6 is 15.9 Å². The standard InChI is InChI=1S/C21H18BrN3O3/c1-2-25-13-14(11-12-19(25)26)23-21(28)16-8-4-6-10-18(16)24-20(27)15-7-3-5-9-17(15)22/h3-13H,2H2,1H3,(H,23,28)(H,24,27). The van der Waals surface area contributed by atoms with E-state index in [1.54, 1.807) is 54.7 Å². The Labute approximate surface area is 170 Å². The number of halogens is 1. The summed E-state index contributed by atoms with van der Waals surface area (Å²) in [6.45, 7) is 2.35. The second kappa shape index (κ2) is 8.67. The van der Waals surface area contributed by atoms with Crippen LogP contribution in [0.25, 0.3) is 0 Å². The summed E-state index contributed by atoms with van der Waals surface area (Å²) in [5, 5.41) is 5.55. The van der Waals surface area contributed by atoms with Gasteiger partial charge in [-0.2, -0.15) is 0 Å². The van der Waals surface area contributed by atoms with Crippen molar-refractivity contribution in [2.45, 2.75) is 13.5 Å².